The summed E-state index contributed by atoms with van der Waals surface area (Å²) < 4.78 is 10.5. The van der Waals surface area contributed by atoms with Gasteiger partial charge in [0.05, 0.1) is 13.2 Å². The van der Waals surface area contributed by atoms with Gasteiger partial charge in [-0.3, -0.25) is 0 Å². The normalized spacial score (nSPS) is 22.2. The van der Waals surface area contributed by atoms with Crippen molar-refractivity contribution < 1.29 is 14.3 Å². The monoisotopic (exact) mass is 318 g/mol. The number of benzene rings is 1. The van der Waals surface area contributed by atoms with Crippen molar-refractivity contribution in [3.8, 4) is 5.75 Å². The highest BCUT2D eigenvalue weighted by Crippen LogP contribution is 2.22. The lowest BCUT2D eigenvalue weighted by Crippen LogP contribution is -2.37. The first-order valence-corrected chi connectivity index (χ1v) is 8.53. The first-order valence-electron chi connectivity index (χ1n) is 8.53. The average Bonchev–Trinajstić information content (AvgIpc) is 2.94. The van der Waals surface area contributed by atoms with E-state index in [9.17, 15) is 4.79 Å². The van der Waals surface area contributed by atoms with Crippen molar-refractivity contribution >= 4 is 6.09 Å². The Labute approximate surface area is 137 Å². The van der Waals surface area contributed by atoms with Gasteiger partial charge in [-0.2, -0.15) is 0 Å². The number of carbonyl (C=O) groups is 1. The molecule has 2 aliphatic heterocycles. The lowest BCUT2D eigenvalue weighted by atomic mass is 9.94. The van der Waals surface area contributed by atoms with Crippen molar-refractivity contribution in [1.29, 1.82) is 0 Å². The molecule has 0 aromatic heterocycles. The molecule has 0 saturated carbocycles. The third-order valence-corrected chi connectivity index (χ3v) is 4.94. The van der Waals surface area contributed by atoms with E-state index < -0.39 is 0 Å². The fourth-order valence-electron chi connectivity index (χ4n) is 3.46. The van der Waals surface area contributed by atoms with E-state index in [2.05, 4.69) is 17.4 Å². The molecule has 126 valence electrons. The predicted molar refractivity (Wildman–Crippen MR) is 88.8 cm³/mol. The van der Waals surface area contributed by atoms with Gasteiger partial charge in [0.25, 0.3) is 0 Å². The van der Waals surface area contributed by atoms with Crippen LogP contribution in [0.1, 0.15) is 24.8 Å². The molecule has 1 aromatic carbocycles. The summed E-state index contributed by atoms with van der Waals surface area (Å²) in [4.78, 5) is 13.9. The third kappa shape index (κ3) is 4.16. The van der Waals surface area contributed by atoms with Gasteiger partial charge in [-0.25, -0.2) is 4.79 Å². The van der Waals surface area contributed by atoms with Gasteiger partial charge in [0.2, 0.25) is 0 Å². The topological polar surface area (TPSA) is 50.8 Å². The second kappa shape index (κ2) is 7.68. The number of methoxy groups -OCH3 is 1. The van der Waals surface area contributed by atoms with Gasteiger partial charge in [0.15, 0.2) is 0 Å². The van der Waals surface area contributed by atoms with E-state index in [1.54, 1.807) is 7.11 Å². The quantitative estimate of drug-likeness (QED) is 0.875. The Balaban J connectivity index is 1.55. The van der Waals surface area contributed by atoms with E-state index >= 15 is 0 Å². The molecule has 5 nitrogen and oxygen atoms in total. The zero-order valence-electron chi connectivity index (χ0n) is 13.8. The van der Waals surface area contributed by atoms with Gasteiger partial charge in [0.1, 0.15) is 12.4 Å². The molecule has 1 unspecified atom stereocenters. The molecule has 2 heterocycles. The van der Waals surface area contributed by atoms with E-state index in [1.807, 2.05) is 17.0 Å². The molecule has 0 spiro atoms. The van der Waals surface area contributed by atoms with Crippen LogP contribution in [0.5, 0.6) is 5.75 Å². The van der Waals surface area contributed by atoms with Crippen LogP contribution in [0.4, 0.5) is 4.79 Å². The van der Waals surface area contributed by atoms with Crippen LogP contribution in [0.15, 0.2) is 24.3 Å². The standard InChI is InChI=1S/C18H26N2O3/c1-22-17-4-2-15(3-5-17)12-16-13-23-18(21)20(16)11-8-14-6-9-19-10-7-14/h2-5,14,16,19H,6-13H2,1H3. The van der Waals surface area contributed by atoms with E-state index in [0.717, 1.165) is 44.1 Å². The van der Waals surface area contributed by atoms with Crippen molar-refractivity contribution in [3.05, 3.63) is 29.8 Å². The molecular formula is C18H26N2O3. The van der Waals surface area contributed by atoms with Crippen LogP contribution in [0.3, 0.4) is 0 Å². The summed E-state index contributed by atoms with van der Waals surface area (Å²) in [6.45, 7) is 3.51. The van der Waals surface area contributed by atoms with Gasteiger partial charge in [-0.15, -0.1) is 0 Å². The predicted octanol–water partition coefficient (Wildman–Crippen LogP) is 2.45. The zero-order chi connectivity index (χ0) is 16.1. The molecule has 2 aliphatic rings. The number of nitrogens with one attached hydrogen (secondary N) is 1. The van der Waals surface area contributed by atoms with Crippen LogP contribution >= 0.6 is 0 Å². The van der Waals surface area contributed by atoms with Crippen molar-refractivity contribution in [2.75, 3.05) is 33.4 Å². The Morgan fingerprint density at radius 3 is 2.70 bits per heavy atom. The van der Waals surface area contributed by atoms with Gasteiger partial charge in [-0.1, -0.05) is 12.1 Å². The number of piperidine rings is 1. The molecule has 0 radical (unpaired) electrons. The second-order valence-electron chi connectivity index (χ2n) is 6.46. The molecule has 1 aromatic rings. The highest BCUT2D eigenvalue weighted by Gasteiger charge is 2.33. The lowest BCUT2D eigenvalue weighted by Gasteiger charge is -2.26. The van der Waals surface area contributed by atoms with Gasteiger partial charge < -0.3 is 19.7 Å². The number of hydrogen-bond acceptors (Lipinski definition) is 4. The molecule has 5 heteroatoms. The minimum atomic E-state index is -0.155. The molecule has 1 amide bonds. The molecule has 2 saturated heterocycles. The first-order chi connectivity index (χ1) is 11.3. The number of hydrogen-bond donors (Lipinski definition) is 1. The van der Waals surface area contributed by atoms with Crippen LogP contribution in [-0.2, 0) is 11.2 Å². The van der Waals surface area contributed by atoms with Gasteiger partial charge in [0, 0.05) is 6.54 Å². The second-order valence-corrected chi connectivity index (χ2v) is 6.46. The number of cyclic esters (lactones) is 1. The summed E-state index contributed by atoms with van der Waals surface area (Å²) in [7, 11) is 1.67. The highest BCUT2D eigenvalue weighted by atomic mass is 16.6. The Kier molecular flexibility index (Phi) is 5.39. The number of rotatable bonds is 6. The highest BCUT2D eigenvalue weighted by molar-refractivity contribution is 5.70. The van der Waals surface area contributed by atoms with Gasteiger partial charge in [-0.05, 0) is 62.4 Å². The van der Waals surface area contributed by atoms with Crippen LogP contribution in [0, 0.1) is 5.92 Å². The van der Waals surface area contributed by atoms with Gasteiger partial charge >= 0.3 is 6.09 Å². The molecule has 23 heavy (non-hydrogen) atoms. The van der Waals surface area contributed by atoms with E-state index in [1.165, 1.54) is 18.4 Å². The van der Waals surface area contributed by atoms with E-state index in [4.69, 9.17) is 9.47 Å². The SMILES string of the molecule is COc1ccc(CC2COC(=O)N2CCC2CCNCC2)cc1. The van der Waals surface area contributed by atoms with Crippen molar-refractivity contribution in [3.63, 3.8) is 0 Å². The third-order valence-electron chi connectivity index (χ3n) is 4.94. The summed E-state index contributed by atoms with van der Waals surface area (Å²) in [6, 6.07) is 8.20. The minimum absolute atomic E-state index is 0.151. The molecule has 3 rings (SSSR count). The molecule has 1 N–H and O–H groups in total. The Hall–Kier alpha value is -1.75. The number of carbonyl (C=O) groups excluding carboxylic acids is 1. The first kappa shape index (κ1) is 16.1. The summed E-state index contributed by atoms with van der Waals surface area (Å²) in [5, 5.41) is 3.39. The molecule has 2 fully saturated rings. The minimum Gasteiger partial charge on any atom is -0.497 e. The smallest absolute Gasteiger partial charge is 0.410 e. The Morgan fingerprint density at radius 1 is 1.26 bits per heavy atom. The maximum atomic E-state index is 12.0. The number of amides is 1. The van der Waals surface area contributed by atoms with Crippen LogP contribution in [0.2, 0.25) is 0 Å². The Morgan fingerprint density at radius 2 is 2.00 bits per heavy atom. The fourth-order valence-corrected chi connectivity index (χ4v) is 3.46. The zero-order valence-corrected chi connectivity index (χ0v) is 13.8. The molecule has 0 bridgehead atoms. The maximum Gasteiger partial charge on any atom is 0.410 e. The Bertz CT molecular complexity index is 512. The molecule has 1 atom stereocenters. The van der Waals surface area contributed by atoms with E-state index in [-0.39, 0.29) is 12.1 Å². The van der Waals surface area contributed by atoms with Crippen molar-refractivity contribution in [1.82, 2.24) is 10.2 Å². The van der Waals surface area contributed by atoms with Crippen molar-refractivity contribution in [2.45, 2.75) is 31.7 Å². The molecular weight excluding hydrogens is 292 g/mol. The van der Waals surface area contributed by atoms with E-state index in [0.29, 0.717) is 6.61 Å². The lowest BCUT2D eigenvalue weighted by molar-refractivity contribution is 0.154. The molecule has 0 aliphatic carbocycles. The number of nitrogens with zero attached hydrogens (tertiary/aromatic N) is 1. The fraction of sp³-hybridized carbons (Fsp3) is 0.611. The largest absolute Gasteiger partial charge is 0.497 e. The summed E-state index contributed by atoms with van der Waals surface area (Å²) >= 11 is 0. The summed E-state index contributed by atoms with van der Waals surface area (Å²) in [5.74, 6) is 1.58. The average molecular weight is 318 g/mol. The summed E-state index contributed by atoms with van der Waals surface area (Å²) in [5.41, 5.74) is 1.21. The summed E-state index contributed by atoms with van der Waals surface area (Å²) in [6.07, 6.45) is 4.19. The maximum absolute atomic E-state index is 12.0. The number of ether oxygens (including phenoxy) is 2. The van der Waals surface area contributed by atoms with Crippen molar-refractivity contribution in [2.24, 2.45) is 5.92 Å². The van der Waals surface area contributed by atoms with Crippen LogP contribution < -0.4 is 10.1 Å². The van der Waals surface area contributed by atoms with Crippen LogP contribution in [-0.4, -0.2) is 50.4 Å². The van der Waals surface area contributed by atoms with Crippen LogP contribution in [0.25, 0.3) is 0 Å².